The Balaban J connectivity index is 2.33. The third-order valence-corrected chi connectivity index (χ3v) is 4.23. The molecule has 124 valence electrons. The molecule has 1 aromatic heterocycles. The minimum Gasteiger partial charge on any atom is -0.477 e. The molecule has 2 rings (SSSR count). The summed E-state index contributed by atoms with van der Waals surface area (Å²) in [5.74, 6) is -1.11. The van der Waals surface area contributed by atoms with Gasteiger partial charge in [0.15, 0.2) is 5.13 Å². The molecule has 4 nitrogen and oxygen atoms in total. The van der Waals surface area contributed by atoms with Gasteiger partial charge in [-0.15, -0.1) is 0 Å². The third kappa shape index (κ3) is 4.14. The van der Waals surface area contributed by atoms with Crippen molar-refractivity contribution < 1.29 is 23.1 Å². The van der Waals surface area contributed by atoms with E-state index >= 15 is 0 Å². The normalized spacial score (nSPS) is 11.5. The van der Waals surface area contributed by atoms with Crippen LogP contribution in [-0.2, 0) is 12.6 Å². The molecule has 0 aliphatic rings. The summed E-state index contributed by atoms with van der Waals surface area (Å²) in [6.45, 7) is 1.88. The number of carboxylic acids is 1. The molecule has 1 aromatic carbocycles. The van der Waals surface area contributed by atoms with Crippen LogP contribution in [0.25, 0.3) is 0 Å². The first-order valence-corrected chi connectivity index (χ1v) is 7.78. The molecular weight excluding hydrogens is 353 g/mol. The van der Waals surface area contributed by atoms with Gasteiger partial charge in [0, 0.05) is 5.69 Å². The van der Waals surface area contributed by atoms with Crippen LogP contribution in [0.15, 0.2) is 18.2 Å². The van der Waals surface area contributed by atoms with E-state index in [-0.39, 0.29) is 15.7 Å². The Morgan fingerprint density at radius 2 is 2.13 bits per heavy atom. The van der Waals surface area contributed by atoms with Crippen LogP contribution in [0.4, 0.5) is 24.0 Å². The van der Waals surface area contributed by atoms with Gasteiger partial charge >= 0.3 is 12.1 Å². The van der Waals surface area contributed by atoms with Gasteiger partial charge in [-0.25, -0.2) is 9.78 Å². The van der Waals surface area contributed by atoms with Crippen molar-refractivity contribution in [3.63, 3.8) is 0 Å². The Bertz CT molecular complexity index is 731. The van der Waals surface area contributed by atoms with E-state index in [1.165, 1.54) is 6.07 Å². The summed E-state index contributed by atoms with van der Waals surface area (Å²) in [6.07, 6.45) is -3.38. The van der Waals surface area contributed by atoms with Crippen molar-refractivity contribution >= 4 is 39.7 Å². The van der Waals surface area contributed by atoms with E-state index in [0.717, 1.165) is 23.5 Å². The Hall–Kier alpha value is -1.80. The number of nitrogens with zero attached hydrogens (tertiary/aromatic N) is 1. The van der Waals surface area contributed by atoms with Crippen molar-refractivity contribution in [1.29, 1.82) is 0 Å². The second kappa shape index (κ2) is 6.76. The number of carboxylic acid groups (broad SMARTS) is 1. The second-order valence-corrected chi connectivity index (χ2v) is 6.07. The first-order chi connectivity index (χ1) is 10.7. The zero-order valence-corrected chi connectivity index (χ0v) is 13.4. The van der Waals surface area contributed by atoms with Crippen molar-refractivity contribution in [2.75, 3.05) is 5.32 Å². The average molecular weight is 365 g/mol. The number of aromatic carboxylic acids is 1. The van der Waals surface area contributed by atoms with Crippen LogP contribution in [0, 0.1) is 0 Å². The predicted molar refractivity (Wildman–Crippen MR) is 82.8 cm³/mol. The van der Waals surface area contributed by atoms with Crippen LogP contribution >= 0.6 is 22.9 Å². The molecule has 0 radical (unpaired) electrons. The van der Waals surface area contributed by atoms with E-state index < -0.39 is 22.7 Å². The SMILES string of the molecule is CCCc1nc(Nc2ccc(Cl)c(C(F)(F)F)c2)sc1C(=O)O. The van der Waals surface area contributed by atoms with E-state index in [2.05, 4.69) is 10.3 Å². The van der Waals surface area contributed by atoms with Crippen molar-refractivity contribution in [2.24, 2.45) is 0 Å². The fraction of sp³-hybridized carbons (Fsp3) is 0.286. The monoisotopic (exact) mass is 364 g/mol. The summed E-state index contributed by atoms with van der Waals surface area (Å²) in [6, 6.07) is 3.37. The van der Waals surface area contributed by atoms with Crippen LogP contribution in [0.2, 0.25) is 5.02 Å². The summed E-state index contributed by atoms with van der Waals surface area (Å²) in [4.78, 5) is 15.4. The van der Waals surface area contributed by atoms with Crippen molar-refractivity contribution in [3.05, 3.63) is 39.4 Å². The van der Waals surface area contributed by atoms with Crippen molar-refractivity contribution in [2.45, 2.75) is 25.9 Å². The van der Waals surface area contributed by atoms with E-state index in [0.29, 0.717) is 18.5 Å². The molecule has 0 saturated heterocycles. The molecule has 2 N–H and O–H groups in total. The van der Waals surface area contributed by atoms with Crippen molar-refractivity contribution in [3.8, 4) is 0 Å². The van der Waals surface area contributed by atoms with Gasteiger partial charge in [-0.1, -0.05) is 36.3 Å². The summed E-state index contributed by atoms with van der Waals surface area (Å²) in [5, 5.41) is 11.7. The fourth-order valence-electron chi connectivity index (χ4n) is 1.92. The number of halogens is 4. The molecule has 0 amide bonds. The fourth-order valence-corrected chi connectivity index (χ4v) is 3.02. The van der Waals surface area contributed by atoms with Gasteiger partial charge in [-0.05, 0) is 24.6 Å². The molecule has 9 heteroatoms. The van der Waals surface area contributed by atoms with Crippen LogP contribution < -0.4 is 5.32 Å². The minimum absolute atomic E-state index is 0.0827. The van der Waals surface area contributed by atoms with Gasteiger partial charge in [0.05, 0.1) is 16.3 Å². The number of hydrogen-bond donors (Lipinski definition) is 2. The molecule has 0 fully saturated rings. The standard InChI is InChI=1S/C14H12ClF3N2O2S/c1-2-3-10-11(12(21)22)23-13(20-10)19-7-4-5-9(15)8(6-7)14(16,17)18/h4-6H,2-3H2,1H3,(H,19,20)(H,21,22). The Kier molecular flexibility index (Phi) is 5.16. The number of hydrogen-bond acceptors (Lipinski definition) is 4. The average Bonchev–Trinajstić information content (AvgIpc) is 2.83. The van der Waals surface area contributed by atoms with Gasteiger partial charge in [0.1, 0.15) is 4.88 Å². The quantitative estimate of drug-likeness (QED) is 0.764. The van der Waals surface area contributed by atoms with Gasteiger partial charge < -0.3 is 10.4 Å². The first-order valence-electron chi connectivity index (χ1n) is 6.59. The van der Waals surface area contributed by atoms with Crippen LogP contribution in [-0.4, -0.2) is 16.1 Å². The Labute approximate surface area is 138 Å². The maximum Gasteiger partial charge on any atom is 0.417 e. The van der Waals surface area contributed by atoms with Crippen molar-refractivity contribution in [1.82, 2.24) is 4.98 Å². The zero-order valence-electron chi connectivity index (χ0n) is 11.9. The van der Waals surface area contributed by atoms with E-state index in [9.17, 15) is 18.0 Å². The van der Waals surface area contributed by atoms with Crippen LogP contribution in [0.3, 0.4) is 0 Å². The molecule has 1 heterocycles. The number of alkyl halides is 3. The van der Waals surface area contributed by atoms with E-state index in [1.54, 1.807) is 0 Å². The molecule has 23 heavy (non-hydrogen) atoms. The van der Waals surface area contributed by atoms with Crippen LogP contribution in [0.1, 0.15) is 34.3 Å². The van der Waals surface area contributed by atoms with Gasteiger partial charge in [-0.2, -0.15) is 13.2 Å². The van der Waals surface area contributed by atoms with Crippen LogP contribution in [0.5, 0.6) is 0 Å². The highest BCUT2D eigenvalue weighted by Gasteiger charge is 2.33. The zero-order chi connectivity index (χ0) is 17.2. The number of thiazole rings is 1. The van der Waals surface area contributed by atoms with Gasteiger partial charge in [-0.3, -0.25) is 0 Å². The Morgan fingerprint density at radius 1 is 1.43 bits per heavy atom. The minimum atomic E-state index is -4.57. The Morgan fingerprint density at radius 3 is 2.70 bits per heavy atom. The number of aryl methyl sites for hydroxylation is 1. The van der Waals surface area contributed by atoms with E-state index in [1.807, 2.05) is 6.92 Å². The smallest absolute Gasteiger partial charge is 0.417 e. The van der Waals surface area contributed by atoms with Gasteiger partial charge in [0.2, 0.25) is 0 Å². The largest absolute Gasteiger partial charge is 0.477 e. The molecule has 2 aromatic rings. The molecule has 0 aliphatic carbocycles. The maximum absolute atomic E-state index is 12.8. The lowest BCUT2D eigenvalue weighted by atomic mass is 10.2. The first kappa shape index (κ1) is 17.6. The lowest BCUT2D eigenvalue weighted by molar-refractivity contribution is -0.137. The summed E-state index contributed by atoms with van der Waals surface area (Å²) in [7, 11) is 0. The molecule has 0 aliphatic heterocycles. The number of nitrogens with one attached hydrogen (secondary N) is 1. The number of anilines is 2. The number of rotatable bonds is 5. The summed E-state index contributed by atoms with van der Waals surface area (Å²) < 4.78 is 38.5. The number of aromatic nitrogens is 1. The maximum atomic E-state index is 12.8. The lowest BCUT2D eigenvalue weighted by Crippen LogP contribution is -2.06. The predicted octanol–water partition coefficient (Wildman–Crippen LogP) is 5.21. The van der Waals surface area contributed by atoms with Gasteiger partial charge in [0.25, 0.3) is 0 Å². The topological polar surface area (TPSA) is 62.2 Å². The number of carbonyl (C=O) groups is 1. The number of benzene rings is 1. The summed E-state index contributed by atoms with van der Waals surface area (Å²) >= 11 is 6.44. The molecule has 0 saturated carbocycles. The molecule has 0 bridgehead atoms. The molecule has 0 spiro atoms. The highest BCUT2D eigenvalue weighted by molar-refractivity contribution is 7.17. The molecular formula is C14H12ClF3N2O2S. The highest BCUT2D eigenvalue weighted by atomic mass is 35.5. The molecule has 0 unspecified atom stereocenters. The second-order valence-electron chi connectivity index (χ2n) is 4.67. The highest BCUT2D eigenvalue weighted by Crippen LogP contribution is 2.37. The lowest BCUT2D eigenvalue weighted by Gasteiger charge is -2.11. The van der Waals surface area contributed by atoms with E-state index in [4.69, 9.17) is 16.7 Å². The summed E-state index contributed by atoms with van der Waals surface area (Å²) in [5.41, 5.74) is -0.416. The molecule has 0 atom stereocenters. The third-order valence-electron chi connectivity index (χ3n) is 2.90.